The van der Waals surface area contributed by atoms with Crippen LogP contribution in [-0.4, -0.2) is 154 Å². The van der Waals surface area contributed by atoms with Gasteiger partial charge in [-0.05, 0) is 96.0 Å². The van der Waals surface area contributed by atoms with E-state index in [1.165, 1.54) is 80.5 Å². The summed E-state index contributed by atoms with van der Waals surface area (Å²) in [6.07, 6.45) is 3.78. The summed E-state index contributed by atoms with van der Waals surface area (Å²) < 4.78 is 0. The zero-order valence-corrected chi connectivity index (χ0v) is 61.3. The van der Waals surface area contributed by atoms with E-state index in [-0.39, 0.29) is 68.1 Å². The number of benzene rings is 3. The number of phenolic OH excluding ortho intramolecular Hbond substituents is 3. The molecule has 17 N–H and O–H groups in total. The highest BCUT2D eigenvalue weighted by Gasteiger charge is 2.39. The van der Waals surface area contributed by atoms with Crippen molar-refractivity contribution in [3.8, 4) is 17.2 Å². The Hall–Kier alpha value is -10.5. The molecule has 2 aromatic heterocycles. The molecule has 105 heavy (non-hydrogen) atoms. The molecule has 29 heteroatoms. The first-order valence-electron chi connectivity index (χ1n) is 35.7. The lowest BCUT2D eigenvalue weighted by Crippen LogP contribution is -2.51. The van der Waals surface area contributed by atoms with Crippen molar-refractivity contribution in [2.24, 2.45) is 70.5 Å². The van der Waals surface area contributed by atoms with Crippen molar-refractivity contribution < 1.29 is 77.6 Å². The van der Waals surface area contributed by atoms with Crippen LogP contribution in [0.2, 0.25) is 0 Å². The SMILES string of the molecule is CC[C@H](C)[C@H](CC(=O)C(Cc1ccc(O)cc1)NC(=O)[C@H](CC(N)=O)CC(=O)[C@@H](NC(=O)[C@H](C)CC(=O)CNC(=O)[C@@H](CC(=O)[C@H](Cc1ccc(O)cc1)NC(=O)[C@@H](CC(=O)[C@H](Cc1cnc[nH]1)NC(=O)[C@@H](N)Cc1cnc[nH]1)[C@@H](C)CC)CC(C)C)C(C)C)C(=O)NC(Cc1ccc(O)cc1)C(N)=O. The summed E-state index contributed by atoms with van der Waals surface area (Å²) >= 11 is 0. The molecule has 2 heterocycles. The van der Waals surface area contributed by atoms with Crippen LogP contribution in [0.15, 0.2) is 97.8 Å². The molecular weight excluding hydrogens is 1350 g/mol. The molecule has 5 aromatic rings. The molecule has 0 aliphatic heterocycles. The second-order valence-corrected chi connectivity index (χ2v) is 28.4. The Balaban J connectivity index is 1.26. The van der Waals surface area contributed by atoms with E-state index < -0.39 is 198 Å². The molecule has 5 rings (SSSR count). The maximum Gasteiger partial charge on any atom is 0.240 e. The number of rotatable bonds is 47. The number of carbonyl (C=O) groups is 13. The minimum atomic E-state index is -1.48. The topological polar surface area (TPSA) is 490 Å². The summed E-state index contributed by atoms with van der Waals surface area (Å²) in [5.41, 5.74) is 20.3. The van der Waals surface area contributed by atoms with Gasteiger partial charge in [0.15, 0.2) is 28.9 Å². The Morgan fingerprint density at radius 3 is 1.28 bits per heavy atom. The number of imidazole rings is 2. The van der Waals surface area contributed by atoms with Crippen LogP contribution < -0.4 is 49.1 Å². The lowest BCUT2D eigenvalue weighted by molar-refractivity contribution is -0.137. The Morgan fingerprint density at radius 2 is 0.857 bits per heavy atom. The van der Waals surface area contributed by atoms with Gasteiger partial charge in [0.1, 0.15) is 23.3 Å². The molecule has 0 fully saturated rings. The van der Waals surface area contributed by atoms with E-state index in [1.807, 2.05) is 20.8 Å². The van der Waals surface area contributed by atoms with E-state index in [0.29, 0.717) is 40.9 Å². The van der Waals surface area contributed by atoms with E-state index in [2.05, 4.69) is 51.8 Å². The van der Waals surface area contributed by atoms with E-state index in [0.717, 1.165) is 0 Å². The van der Waals surface area contributed by atoms with Crippen molar-refractivity contribution in [3.05, 3.63) is 126 Å². The third-order valence-corrected chi connectivity index (χ3v) is 19.0. The van der Waals surface area contributed by atoms with Crippen molar-refractivity contribution >= 4 is 76.2 Å². The molecule has 29 nitrogen and oxygen atoms in total. The van der Waals surface area contributed by atoms with Gasteiger partial charge in [-0.1, -0.05) is 112 Å². The lowest BCUT2D eigenvalue weighted by atomic mass is 9.84. The number of phenols is 3. The predicted octanol–water partition coefficient (Wildman–Crippen LogP) is 3.68. The summed E-state index contributed by atoms with van der Waals surface area (Å²) in [4.78, 5) is 195. The van der Waals surface area contributed by atoms with Crippen LogP contribution in [0.5, 0.6) is 17.2 Å². The number of primary amides is 2. The van der Waals surface area contributed by atoms with Crippen LogP contribution >= 0.6 is 0 Å². The van der Waals surface area contributed by atoms with Crippen molar-refractivity contribution in [2.45, 2.75) is 188 Å². The molecule has 0 aliphatic rings. The number of hydrogen-bond donors (Lipinski definition) is 14. The molecule has 570 valence electrons. The second kappa shape index (κ2) is 41.7. The first-order chi connectivity index (χ1) is 49.6. The zero-order valence-electron chi connectivity index (χ0n) is 61.3. The number of aromatic nitrogens is 4. The molecule has 3 aromatic carbocycles. The van der Waals surface area contributed by atoms with Gasteiger partial charge in [-0.3, -0.25) is 62.3 Å². The lowest BCUT2D eigenvalue weighted by Gasteiger charge is -2.28. The molecule has 0 saturated heterocycles. The average Bonchev–Trinajstić information content (AvgIpc) is 1.80. The number of ketones is 5. The first-order valence-corrected chi connectivity index (χ1v) is 35.7. The van der Waals surface area contributed by atoms with Crippen molar-refractivity contribution in [1.29, 1.82) is 0 Å². The number of amides is 8. The van der Waals surface area contributed by atoms with E-state index in [4.69, 9.17) is 17.2 Å². The number of Topliss-reactive ketones (excluding diaryl/α,β-unsaturated/α-hetero) is 5. The quantitative estimate of drug-likeness (QED) is 0.0264. The fourth-order valence-corrected chi connectivity index (χ4v) is 12.3. The van der Waals surface area contributed by atoms with Gasteiger partial charge < -0.3 is 74.4 Å². The van der Waals surface area contributed by atoms with Gasteiger partial charge >= 0.3 is 0 Å². The summed E-state index contributed by atoms with van der Waals surface area (Å²) in [6, 6.07) is 10.4. The molecule has 8 amide bonds. The Kier molecular flexibility index (Phi) is 33.9. The molecule has 0 saturated carbocycles. The first kappa shape index (κ1) is 85.2. The predicted molar refractivity (Wildman–Crippen MR) is 388 cm³/mol. The maximum absolute atomic E-state index is 14.7. The Bertz CT molecular complexity index is 3730. The van der Waals surface area contributed by atoms with Crippen LogP contribution in [-0.2, 0) is 94.4 Å². The van der Waals surface area contributed by atoms with Gasteiger partial charge in [-0.15, -0.1) is 0 Å². The number of nitrogens with two attached hydrogens (primary N) is 3. The monoisotopic (exact) mass is 1460 g/mol. The minimum Gasteiger partial charge on any atom is -0.508 e. The number of nitrogens with zero attached hydrogens (tertiary/aromatic N) is 2. The zero-order chi connectivity index (χ0) is 77.8. The number of carbonyl (C=O) groups excluding carboxylic acids is 13. The number of H-pyrrole nitrogens is 2. The van der Waals surface area contributed by atoms with E-state index in [1.54, 1.807) is 58.9 Å². The smallest absolute Gasteiger partial charge is 0.240 e. The highest BCUT2D eigenvalue weighted by atomic mass is 16.3. The van der Waals surface area contributed by atoms with E-state index >= 15 is 0 Å². The fourth-order valence-electron chi connectivity index (χ4n) is 12.3. The summed E-state index contributed by atoms with van der Waals surface area (Å²) in [5, 5.41) is 46.2. The standard InChI is InChI=1S/C76H105N13O16/c1-10-43(7)57(35-66(96)62(33-52-37-81-40-84-52)87-76(105)59(77)32-51-36-80-39-83-51)74(103)86-60(26-46-12-18-53(90)19-13-46)64(94)29-49(24-41(3)4)72(101)82-38-56(93)25-45(9)71(100)89-69(42(5)6)67(97)30-50(31-68(78)98)73(102)85-61(27-47-14-20-54(91)21-15-47)65(95)34-58(44(8)11-2)75(104)88-63(70(79)99)28-48-16-22-55(92)23-17-48/h12-23,36-37,39-45,49-50,57-63,69,90-92H,10-11,24-35,38,77H2,1-9H3,(H2,78,98)(H2,79,99)(H,80,83)(H,81,84)(H,82,101)(H,85,102)(H,86,103)(H,87,105)(H,88,104)(H,89,100)/t43-,44-,45+,49+,50-,57-,58-,59-,60-,61?,62-,63?,69-/m0/s1. The highest BCUT2D eigenvalue weighted by molar-refractivity contribution is 6.00. The fraction of sp³-hybridized carbons (Fsp3) is 0.513. The average molecular weight is 1460 g/mol. The molecule has 0 radical (unpaired) electrons. The third-order valence-electron chi connectivity index (χ3n) is 19.0. The molecule has 13 atom stereocenters. The summed E-state index contributed by atoms with van der Waals surface area (Å²) in [6.45, 7) is 14.9. The van der Waals surface area contributed by atoms with Gasteiger partial charge in [0.25, 0.3) is 0 Å². The van der Waals surface area contributed by atoms with Crippen LogP contribution in [0.25, 0.3) is 0 Å². The summed E-state index contributed by atoms with van der Waals surface area (Å²) in [7, 11) is 0. The maximum atomic E-state index is 14.7. The van der Waals surface area contributed by atoms with Crippen LogP contribution in [0, 0.1) is 53.3 Å². The molecule has 0 aliphatic carbocycles. The second-order valence-electron chi connectivity index (χ2n) is 28.4. The molecule has 0 spiro atoms. The number of nitrogens with one attached hydrogen (secondary N) is 8. The Labute approximate surface area is 611 Å². The third kappa shape index (κ3) is 28.3. The van der Waals surface area contributed by atoms with Gasteiger partial charge in [-0.25, -0.2) is 9.97 Å². The van der Waals surface area contributed by atoms with Crippen molar-refractivity contribution in [2.75, 3.05) is 6.54 Å². The van der Waals surface area contributed by atoms with Gasteiger partial charge in [0.05, 0.1) is 55.3 Å². The molecule has 0 bridgehead atoms. The van der Waals surface area contributed by atoms with Gasteiger partial charge in [-0.2, -0.15) is 0 Å². The van der Waals surface area contributed by atoms with Crippen LogP contribution in [0.4, 0.5) is 0 Å². The normalized spacial score (nSPS) is 15.1. The summed E-state index contributed by atoms with van der Waals surface area (Å²) in [5.74, 6) is -16.5. The van der Waals surface area contributed by atoms with Crippen LogP contribution in [0.1, 0.15) is 148 Å². The van der Waals surface area contributed by atoms with Crippen molar-refractivity contribution in [1.82, 2.24) is 51.8 Å². The van der Waals surface area contributed by atoms with Crippen LogP contribution in [0.3, 0.4) is 0 Å². The number of aromatic amines is 2. The van der Waals surface area contributed by atoms with Gasteiger partial charge in [0, 0.05) is 105 Å². The molecule has 2 unspecified atom stereocenters. The highest BCUT2D eigenvalue weighted by Crippen LogP contribution is 2.27. The number of hydrogen-bond acceptors (Lipinski definition) is 19. The Morgan fingerprint density at radius 1 is 0.448 bits per heavy atom. The minimum absolute atomic E-state index is 0.00214. The van der Waals surface area contributed by atoms with E-state index in [9.17, 15) is 77.6 Å². The van der Waals surface area contributed by atoms with Gasteiger partial charge in [0.2, 0.25) is 47.3 Å². The van der Waals surface area contributed by atoms with Crippen molar-refractivity contribution in [3.63, 3.8) is 0 Å². The molecular formula is C76H105N13O16. The number of aromatic hydroxyl groups is 3. The largest absolute Gasteiger partial charge is 0.508 e.